The summed E-state index contributed by atoms with van der Waals surface area (Å²) in [5, 5.41) is 6.44. The lowest BCUT2D eigenvalue weighted by Crippen LogP contribution is -2.43. The summed E-state index contributed by atoms with van der Waals surface area (Å²) in [6.07, 6.45) is 4.47. The molecule has 108 valence electrons. The Labute approximate surface area is 119 Å². The van der Waals surface area contributed by atoms with E-state index in [0.29, 0.717) is 18.1 Å². The van der Waals surface area contributed by atoms with Gasteiger partial charge in [-0.15, -0.1) is 0 Å². The highest BCUT2D eigenvalue weighted by molar-refractivity contribution is 5.67. The maximum Gasteiger partial charge on any atom is 0.408 e. The van der Waals surface area contributed by atoms with E-state index in [2.05, 4.69) is 17.6 Å². The molecule has 3 atom stereocenters. The molecule has 1 amide bonds. The van der Waals surface area contributed by atoms with Crippen LogP contribution in [0, 0.1) is 5.41 Å². The van der Waals surface area contributed by atoms with Gasteiger partial charge in [-0.3, -0.25) is 5.32 Å². The summed E-state index contributed by atoms with van der Waals surface area (Å²) in [6.45, 7) is 2.63. The SMILES string of the molecule is CC12CCCC1NC(NC(=O)OCc1ccccc1)C2. The van der Waals surface area contributed by atoms with Gasteiger partial charge in [-0.2, -0.15) is 0 Å². The number of alkyl carbamates (subject to hydrolysis) is 1. The lowest BCUT2D eigenvalue weighted by molar-refractivity contribution is 0.134. The topological polar surface area (TPSA) is 50.4 Å². The second-order valence-corrected chi connectivity index (χ2v) is 6.23. The summed E-state index contributed by atoms with van der Waals surface area (Å²) >= 11 is 0. The number of ether oxygens (including phenoxy) is 1. The van der Waals surface area contributed by atoms with E-state index < -0.39 is 0 Å². The zero-order valence-corrected chi connectivity index (χ0v) is 11.9. The molecular weight excluding hydrogens is 252 g/mol. The van der Waals surface area contributed by atoms with Gasteiger partial charge in [-0.1, -0.05) is 43.7 Å². The Morgan fingerprint density at radius 1 is 1.45 bits per heavy atom. The lowest BCUT2D eigenvalue weighted by atomic mass is 9.84. The van der Waals surface area contributed by atoms with E-state index in [1.165, 1.54) is 19.3 Å². The van der Waals surface area contributed by atoms with Gasteiger partial charge in [-0.05, 0) is 30.2 Å². The molecule has 2 N–H and O–H groups in total. The fourth-order valence-corrected chi connectivity index (χ4v) is 3.53. The molecule has 1 aliphatic heterocycles. The van der Waals surface area contributed by atoms with Crippen molar-refractivity contribution in [3.8, 4) is 0 Å². The van der Waals surface area contributed by atoms with Crippen molar-refractivity contribution in [2.75, 3.05) is 0 Å². The molecular formula is C16H22N2O2. The van der Waals surface area contributed by atoms with Crippen LogP contribution in [0.3, 0.4) is 0 Å². The van der Waals surface area contributed by atoms with Gasteiger partial charge in [0.05, 0.1) is 6.17 Å². The van der Waals surface area contributed by atoms with Crippen LogP contribution in [0.4, 0.5) is 4.79 Å². The first kappa shape index (κ1) is 13.4. The van der Waals surface area contributed by atoms with E-state index in [1.807, 2.05) is 30.3 Å². The maximum atomic E-state index is 11.8. The number of nitrogens with one attached hydrogen (secondary N) is 2. The van der Waals surface area contributed by atoms with Crippen LogP contribution in [-0.4, -0.2) is 18.3 Å². The van der Waals surface area contributed by atoms with Crippen molar-refractivity contribution in [3.63, 3.8) is 0 Å². The van der Waals surface area contributed by atoms with Crippen LogP contribution in [0.25, 0.3) is 0 Å². The van der Waals surface area contributed by atoms with Crippen molar-refractivity contribution in [2.45, 2.75) is 51.4 Å². The predicted molar refractivity (Wildman–Crippen MR) is 77.0 cm³/mol. The summed E-state index contributed by atoms with van der Waals surface area (Å²) in [5.41, 5.74) is 1.35. The van der Waals surface area contributed by atoms with E-state index in [0.717, 1.165) is 12.0 Å². The zero-order valence-electron chi connectivity index (χ0n) is 11.9. The highest BCUT2D eigenvalue weighted by Crippen LogP contribution is 2.45. The number of hydrogen-bond acceptors (Lipinski definition) is 3. The molecule has 0 radical (unpaired) electrons. The lowest BCUT2D eigenvalue weighted by Gasteiger charge is -2.21. The van der Waals surface area contributed by atoms with Crippen molar-refractivity contribution in [1.29, 1.82) is 0 Å². The van der Waals surface area contributed by atoms with Gasteiger partial charge in [-0.25, -0.2) is 4.79 Å². The fraction of sp³-hybridized carbons (Fsp3) is 0.562. The van der Waals surface area contributed by atoms with Crippen LogP contribution in [0.15, 0.2) is 30.3 Å². The molecule has 1 heterocycles. The zero-order chi connectivity index (χ0) is 14.0. The predicted octanol–water partition coefficient (Wildman–Crippen LogP) is 2.79. The first-order valence-electron chi connectivity index (χ1n) is 7.39. The van der Waals surface area contributed by atoms with Crippen LogP contribution < -0.4 is 10.6 Å². The van der Waals surface area contributed by atoms with Gasteiger partial charge in [0.15, 0.2) is 0 Å². The fourth-order valence-electron chi connectivity index (χ4n) is 3.53. The number of fused-ring (bicyclic) bond motifs is 1. The van der Waals surface area contributed by atoms with Crippen molar-refractivity contribution in [3.05, 3.63) is 35.9 Å². The van der Waals surface area contributed by atoms with Gasteiger partial charge >= 0.3 is 6.09 Å². The van der Waals surface area contributed by atoms with Crippen molar-refractivity contribution in [2.24, 2.45) is 5.41 Å². The standard InChI is InChI=1S/C16H22N2O2/c1-16-9-5-8-13(16)17-14(10-16)18-15(19)20-11-12-6-3-2-4-7-12/h2-4,6-7,13-14,17H,5,8-11H2,1H3,(H,18,19). The minimum Gasteiger partial charge on any atom is -0.445 e. The molecule has 3 rings (SSSR count). The quantitative estimate of drug-likeness (QED) is 0.891. The number of benzene rings is 1. The van der Waals surface area contributed by atoms with Crippen molar-refractivity contribution >= 4 is 6.09 Å². The number of carbonyl (C=O) groups excluding carboxylic acids is 1. The van der Waals surface area contributed by atoms with Crippen molar-refractivity contribution < 1.29 is 9.53 Å². The Hall–Kier alpha value is -1.55. The molecule has 1 aromatic carbocycles. The van der Waals surface area contributed by atoms with Crippen LogP contribution in [0.1, 0.15) is 38.2 Å². The van der Waals surface area contributed by atoms with Gasteiger partial charge in [0.1, 0.15) is 6.61 Å². The number of amides is 1. The molecule has 1 aliphatic carbocycles. The highest BCUT2D eigenvalue weighted by Gasteiger charge is 2.46. The van der Waals surface area contributed by atoms with Gasteiger partial charge < -0.3 is 10.1 Å². The summed E-state index contributed by atoms with van der Waals surface area (Å²) in [4.78, 5) is 11.8. The Bertz CT molecular complexity index is 477. The molecule has 1 saturated carbocycles. The van der Waals surface area contributed by atoms with E-state index in [4.69, 9.17) is 4.74 Å². The van der Waals surface area contributed by atoms with Gasteiger partial charge in [0, 0.05) is 6.04 Å². The Morgan fingerprint density at radius 3 is 3.00 bits per heavy atom. The largest absolute Gasteiger partial charge is 0.445 e. The molecule has 2 fully saturated rings. The molecule has 3 unspecified atom stereocenters. The van der Waals surface area contributed by atoms with Crippen LogP contribution in [-0.2, 0) is 11.3 Å². The normalized spacial score (nSPS) is 31.9. The highest BCUT2D eigenvalue weighted by atomic mass is 16.5. The van der Waals surface area contributed by atoms with E-state index in [-0.39, 0.29) is 12.3 Å². The van der Waals surface area contributed by atoms with Gasteiger partial charge in [0.2, 0.25) is 0 Å². The smallest absolute Gasteiger partial charge is 0.408 e. The average molecular weight is 274 g/mol. The minimum atomic E-state index is -0.338. The van der Waals surface area contributed by atoms with Crippen molar-refractivity contribution in [1.82, 2.24) is 10.6 Å². The Morgan fingerprint density at radius 2 is 2.25 bits per heavy atom. The van der Waals surface area contributed by atoms with E-state index in [9.17, 15) is 4.79 Å². The minimum absolute atomic E-state index is 0.0496. The molecule has 20 heavy (non-hydrogen) atoms. The molecule has 0 bridgehead atoms. The Balaban J connectivity index is 1.46. The summed E-state index contributed by atoms with van der Waals surface area (Å²) in [7, 11) is 0. The van der Waals surface area contributed by atoms with E-state index in [1.54, 1.807) is 0 Å². The molecule has 4 heteroatoms. The summed E-state index contributed by atoms with van der Waals surface area (Å²) in [5.74, 6) is 0. The van der Waals surface area contributed by atoms with Crippen LogP contribution in [0.2, 0.25) is 0 Å². The molecule has 1 aromatic rings. The monoisotopic (exact) mass is 274 g/mol. The summed E-state index contributed by atoms with van der Waals surface area (Å²) < 4.78 is 5.26. The third kappa shape index (κ3) is 2.80. The van der Waals surface area contributed by atoms with Crippen LogP contribution in [0.5, 0.6) is 0 Å². The van der Waals surface area contributed by atoms with E-state index >= 15 is 0 Å². The number of hydrogen-bond donors (Lipinski definition) is 2. The Kier molecular flexibility index (Phi) is 3.66. The van der Waals surface area contributed by atoms with Gasteiger partial charge in [0.25, 0.3) is 0 Å². The first-order valence-corrected chi connectivity index (χ1v) is 7.39. The molecule has 0 spiro atoms. The summed E-state index contributed by atoms with van der Waals surface area (Å²) in [6, 6.07) is 10.3. The maximum absolute atomic E-state index is 11.8. The molecule has 4 nitrogen and oxygen atoms in total. The number of rotatable bonds is 3. The second-order valence-electron chi connectivity index (χ2n) is 6.23. The average Bonchev–Trinajstić information content (AvgIpc) is 2.92. The van der Waals surface area contributed by atoms with Crippen LogP contribution >= 0.6 is 0 Å². The molecule has 1 saturated heterocycles. The number of carbonyl (C=O) groups is 1. The molecule has 2 aliphatic rings. The molecule has 0 aromatic heterocycles. The second kappa shape index (κ2) is 5.44. The third-order valence-corrected chi connectivity index (χ3v) is 4.66. The first-order chi connectivity index (χ1) is 9.66. The third-order valence-electron chi connectivity index (χ3n) is 4.66.